The zero-order valence-electron chi connectivity index (χ0n) is 11.7. The molecule has 0 bridgehead atoms. The average molecular weight is 241 g/mol. The van der Waals surface area contributed by atoms with Crippen molar-refractivity contribution in [2.75, 3.05) is 27.7 Å². The van der Waals surface area contributed by atoms with Gasteiger partial charge in [-0.15, -0.1) is 0 Å². The minimum Gasteiger partial charge on any atom is -0.344 e. The first-order valence-electron chi connectivity index (χ1n) is 6.54. The van der Waals surface area contributed by atoms with Crippen molar-refractivity contribution in [3.8, 4) is 0 Å². The molecule has 4 heteroatoms. The van der Waals surface area contributed by atoms with E-state index < -0.39 is 0 Å². The summed E-state index contributed by atoms with van der Waals surface area (Å²) in [5.41, 5.74) is 5.90. The maximum Gasteiger partial charge on any atom is 0.222 e. The molecule has 0 radical (unpaired) electrons. The topological polar surface area (TPSA) is 49.6 Å². The molecular formula is C13H27N3O. The molecule has 100 valence electrons. The highest BCUT2D eigenvalue weighted by molar-refractivity contribution is 5.76. The maximum atomic E-state index is 11.9. The molecule has 1 unspecified atom stereocenters. The summed E-state index contributed by atoms with van der Waals surface area (Å²) in [5.74, 6) is 0.218. The first kappa shape index (κ1) is 14.5. The van der Waals surface area contributed by atoms with Crippen LogP contribution in [0.5, 0.6) is 0 Å². The zero-order chi connectivity index (χ0) is 13.1. The van der Waals surface area contributed by atoms with Crippen LogP contribution in [-0.2, 0) is 4.79 Å². The molecule has 17 heavy (non-hydrogen) atoms. The number of amides is 1. The van der Waals surface area contributed by atoms with Crippen molar-refractivity contribution >= 4 is 5.91 Å². The highest BCUT2D eigenvalue weighted by Crippen LogP contribution is 2.36. The SMILES string of the molecule is CC(N)CCC(=O)N(C)CC1(N(C)C)CCC1. The Hall–Kier alpha value is -0.610. The summed E-state index contributed by atoms with van der Waals surface area (Å²) in [4.78, 5) is 16.1. The van der Waals surface area contributed by atoms with Gasteiger partial charge in [-0.25, -0.2) is 0 Å². The van der Waals surface area contributed by atoms with E-state index in [9.17, 15) is 4.79 Å². The van der Waals surface area contributed by atoms with Crippen LogP contribution in [0.15, 0.2) is 0 Å². The Kier molecular flexibility index (Phi) is 4.95. The smallest absolute Gasteiger partial charge is 0.222 e. The number of hydrogen-bond acceptors (Lipinski definition) is 3. The molecule has 0 aromatic rings. The number of hydrogen-bond donors (Lipinski definition) is 1. The second kappa shape index (κ2) is 5.83. The predicted octanol–water partition coefficient (Wildman–Crippen LogP) is 1.06. The van der Waals surface area contributed by atoms with Crippen LogP contribution in [0.3, 0.4) is 0 Å². The number of carbonyl (C=O) groups is 1. The van der Waals surface area contributed by atoms with E-state index in [4.69, 9.17) is 5.73 Å². The van der Waals surface area contributed by atoms with E-state index in [1.54, 1.807) is 0 Å². The fourth-order valence-corrected chi connectivity index (χ4v) is 2.40. The van der Waals surface area contributed by atoms with Crippen molar-refractivity contribution in [3.63, 3.8) is 0 Å². The van der Waals surface area contributed by atoms with E-state index in [0.717, 1.165) is 13.0 Å². The third kappa shape index (κ3) is 3.68. The monoisotopic (exact) mass is 241 g/mol. The quantitative estimate of drug-likeness (QED) is 0.756. The molecule has 4 nitrogen and oxygen atoms in total. The number of nitrogens with zero attached hydrogens (tertiary/aromatic N) is 2. The maximum absolute atomic E-state index is 11.9. The highest BCUT2D eigenvalue weighted by atomic mass is 16.2. The average Bonchev–Trinajstić information content (AvgIpc) is 2.18. The van der Waals surface area contributed by atoms with Gasteiger partial charge < -0.3 is 15.5 Å². The minimum absolute atomic E-state index is 0.110. The van der Waals surface area contributed by atoms with Crippen molar-refractivity contribution in [1.29, 1.82) is 0 Å². The van der Waals surface area contributed by atoms with E-state index in [-0.39, 0.29) is 17.5 Å². The minimum atomic E-state index is 0.110. The molecule has 1 atom stereocenters. The van der Waals surface area contributed by atoms with Crippen LogP contribution >= 0.6 is 0 Å². The molecule has 1 amide bonds. The molecule has 0 aromatic carbocycles. The number of likely N-dealkylation sites (N-methyl/N-ethyl adjacent to an activating group) is 2. The Morgan fingerprint density at radius 3 is 2.29 bits per heavy atom. The Balaban J connectivity index is 2.42. The highest BCUT2D eigenvalue weighted by Gasteiger charge is 2.40. The van der Waals surface area contributed by atoms with Crippen LogP contribution in [0.4, 0.5) is 0 Å². The molecule has 1 aliphatic carbocycles. The Morgan fingerprint density at radius 2 is 1.94 bits per heavy atom. The van der Waals surface area contributed by atoms with Crippen molar-refractivity contribution in [3.05, 3.63) is 0 Å². The van der Waals surface area contributed by atoms with Gasteiger partial charge >= 0.3 is 0 Å². The van der Waals surface area contributed by atoms with Gasteiger partial charge in [0.05, 0.1) is 0 Å². The molecule has 0 saturated heterocycles. The Labute approximate surface area is 105 Å². The van der Waals surface area contributed by atoms with Crippen LogP contribution in [0.25, 0.3) is 0 Å². The van der Waals surface area contributed by atoms with Gasteiger partial charge in [0, 0.05) is 31.6 Å². The molecule has 0 heterocycles. The van der Waals surface area contributed by atoms with Crippen molar-refractivity contribution < 1.29 is 4.79 Å². The second-order valence-electron chi connectivity index (χ2n) is 5.74. The number of rotatable bonds is 6. The van der Waals surface area contributed by atoms with Gasteiger partial charge in [0.25, 0.3) is 0 Å². The first-order valence-corrected chi connectivity index (χ1v) is 6.54. The molecule has 1 fully saturated rings. The predicted molar refractivity (Wildman–Crippen MR) is 70.8 cm³/mol. The molecule has 0 aliphatic heterocycles. The van der Waals surface area contributed by atoms with E-state index in [1.807, 2.05) is 18.9 Å². The van der Waals surface area contributed by atoms with Crippen molar-refractivity contribution in [1.82, 2.24) is 9.80 Å². The normalized spacial score (nSPS) is 19.9. The molecule has 2 N–H and O–H groups in total. The van der Waals surface area contributed by atoms with Crippen molar-refractivity contribution in [2.45, 2.75) is 50.6 Å². The van der Waals surface area contributed by atoms with Gasteiger partial charge in [-0.3, -0.25) is 4.79 Å². The van der Waals surface area contributed by atoms with Gasteiger partial charge in [-0.2, -0.15) is 0 Å². The van der Waals surface area contributed by atoms with Crippen molar-refractivity contribution in [2.24, 2.45) is 5.73 Å². The lowest BCUT2D eigenvalue weighted by atomic mass is 9.75. The third-order valence-electron chi connectivity index (χ3n) is 4.00. The van der Waals surface area contributed by atoms with Crippen LogP contribution < -0.4 is 5.73 Å². The molecule has 0 spiro atoms. The van der Waals surface area contributed by atoms with Gasteiger partial charge in [0.15, 0.2) is 0 Å². The Morgan fingerprint density at radius 1 is 1.35 bits per heavy atom. The molecule has 1 aliphatic rings. The summed E-state index contributed by atoms with van der Waals surface area (Å²) in [6.07, 6.45) is 5.02. The summed E-state index contributed by atoms with van der Waals surface area (Å²) in [5, 5.41) is 0. The lowest BCUT2D eigenvalue weighted by Crippen LogP contribution is -2.57. The van der Waals surface area contributed by atoms with Gasteiger partial charge in [-0.1, -0.05) is 0 Å². The summed E-state index contributed by atoms with van der Waals surface area (Å²) in [6.45, 7) is 2.79. The Bertz CT molecular complexity index is 259. The number of carbonyl (C=O) groups excluding carboxylic acids is 1. The van der Waals surface area contributed by atoms with Crippen LogP contribution in [0, 0.1) is 0 Å². The summed E-state index contributed by atoms with van der Waals surface area (Å²) < 4.78 is 0. The van der Waals surface area contributed by atoms with E-state index in [1.165, 1.54) is 19.3 Å². The third-order valence-corrected chi connectivity index (χ3v) is 4.00. The van der Waals surface area contributed by atoms with E-state index in [2.05, 4.69) is 19.0 Å². The van der Waals surface area contributed by atoms with Crippen LogP contribution in [0.1, 0.15) is 39.0 Å². The lowest BCUT2D eigenvalue weighted by molar-refractivity contribution is -0.132. The number of nitrogens with two attached hydrogens (primary N) is 1. The molecule has 0 aromatic heterocycles. The standard InChI is InChI=1S/C13H27N3O/c1-11(14)6-7-12(17)16(4)10-13(15(2)3)8-5-9-13/h11H,5-10,14H2,1-4H3. The largest absolute Gasteiger partial charge is 0.344 e. The van der Waals surface area contributed by atoms with Crippen LogP contribution in [-0.4, -0.2) is 55.0 Å². The van der Waals surface area contributed by atoms with Gasteiger partial charge in [0.1, 0.15) is 0 Å². The molecular weight excluding hydrogens is 214 g/mol. The second-order valence-corrected chi connectivity index (χ2v) is 5.74. The molecule has 1 saturated carbocycles. The lowest BCUT2D eigenvalue weighted by Gasteiger charge is -2.49. The molecule has 1 rings (SSSR count). The van der Waals surface area contributed by atoms with E-state index >= 15 is 0 Å². The van der Waals surface area contributed by atoms with Gasteiger partial charge in [0.2, 0.25) is 5.91 Å². The first-order chi connectivity index (χ1) is 7.87. The zero-order valence-corrected chi connectivity index (χ0v) is 11.7. The summed E-state index contributed by atoms with van der Waals surface area (Å²) >= 11 is 0. The summed E-state index contributed by atoms with van der Waals surface area (Å²) in [7, 11) is 6.13. The van der Waals surface area contributed by atoms with E-state index in [0.29, 0.717) is 6.42 Å². The fourth-order valence-electron chi connectivity index (χ4n) is 2.40. The van der Waals surface area contributed by atoms with Crippen LogP contribution in [0.2, 0.25) is 0 Å². The summed E-state index contributed by atoms with van der Waals surface area (Å²) in [6, 6.07) is 0.110. The fraction of sp³-hybridized carbons (Fsp3) is 0.923. The van der Waals surface area contributed by atoms with Gasteiger partial charge in [-0.05, 0) is 46.7 Å².